The number of alkyl halides is 2. The fourth-order valence-corrected chi connectivity index (χ4v) is 0.653. The van der Waals surface area contributed by atoms with E-state index in [-0.39, 0.29) is 6.54 Å². The lowest BCUT2D eigenvalue weighted by molar-refractivity contribution is -0.142. The molecule has 0 saturated carbocycles. The predicted octanol–water partition coefficient (Wildman–Crippen LogP) is 0.0907. The lowest BCUT2D eigenvalue weighted by Crippen LogP contribution is -2.36. The van der Waals surface area contributed by atoms with Crippen LogP contribution in [0.1, 0.15) is 6.92 Å². The highest BCUT2D eigenvalue weighted by Crippen LogP contribution is 1.98. The van der Waals surface area contributed by atoms with E-state index in [2.05, 4.69) is 0 Å². The quantitative estimate of drug-likeness (QED) is 0.647. The van der Waals surface area contributed by atoms with Gasteiger partial charge < -0.3 is 10.0 Å². The topological polar surface area (TPSA) is 40.5 Å². The number of aliphatic hydroxyl groups excluding tert-OH is 1. The van der Waals surface area contributed by atoms with Gasteiger partial charge in [0.15, 0.2) is 0 Å². The first kappa shape index (κ1) is 10.3. The number of halogens is 2. The summed E-state index contributed by atoms with van der Waals surface area (Å²) in [6, 6.07) is 0. The molecule has 0 aliphatic heterocycles. The van der Waals surface area contributed by atoms with Crippen LogP contribution in [0.15, 0.2) is 0 Å². The Hall–Kier alpha value is -0.710. The Morgan fingerprint density at radius 2 is 2.09 bits per heavy atom. The summed E-state index contributed by atoms with van der Waals surface area (Å²) in [5.74, 6) is -1.26. The molecule has 66 valence electrons. The van der Waals surface area contributed by atoms with Crippen molar-refractivity contribution in [1.29, 1.82) is 0 Å². The van der Waals surface area contributed by atoms with Crippen molar-refractivity contribution in [3.05, 3.63) is 0 Å². The molecule has 0 aromatic rings. The van der Waals surface area contributed by atoms with Crippen LogP contribution in [-0.4, -0.2) is 42.0 Å². The zero-order valence-corrected chi connectivity index (χ0v) is 6.42. The molecule has 0 radical (unpaired) electrons. The molecule has 0 aliphatic rings. The summed E-state index contributed by atoms with van der Waals surface area (Å²) in [5.41, 5.74) is 0. The van der Waals surface area contributed by atoms with Gasteiger partial charge in [0.05, 0.1) is 6.10 Å². The van der Waals surface area contributed by atoms with Crippen molar-refractivity contribution in [3.63, 3.8) is 0 Å². The molecule has 0 rings (SSSR count). The Bertz CT molecular complexity index is 139. The molecule has 1 amide bonds. The molecule has 0 fully saturated rings. The first-order chi connectivity index (χ1) is 4.95. The molecule has 3 nitrogen and oxygen atoms in total. The summed E-state index contributed by atoms with van der Waals surface area (Å²) < 4.78 is 23.3. The van der Waals surface area contributed by atoms with Crippen molar-refractivity contribution in [1.82, 2.24) is 4.90 Å². The number of hydrogen-bond acceptors (Lipinski definition) is 2. The van der Waals surface area contributed by atoms with Crippen LogP contribution in [0, 0.1) is 0 Å². The van der Waals surface area contributed by atoms with Gasteiger partial charge in [0, 0.05) is 13.6 Å². The number of aliphatic hydroxyl groups is 1. The second-order valence-corrected chi connectivity index (χ2v) is 2.37. The predicted molar refractivity (Wildman–Crippen MR) is 35.3 cm³/mol. The van der Waals surface area contributed by atoms with Gasteiger partial charge in [-0.15, -0.1) is 0 Å². The first-order valence-corrected chi connectivity index (χ1v) is 3.16. The normalized spacial score (nSPS) is 13.3. The Kier molecular flexibility index (Phi) is 3.95. The number of hydrogen-bond donors (Lipinski definition) is 1. The molecule has 0 aromatic heterocycles. The highest BCUT2D eigenvalue weighted by molar-refractivity contribution is 5.79. The van der Waals surface area contributed by atoms with Gasteiger partial charge in [-0.05, 0) is 6.92 Å². The molecule has 1 unspecified atom stereocenters. The average Bonchev–Trinajstić information content (AvgIpc) is 1.84. The maximum Gasteiger partial charge on any atom is 0.315 e. The van der Waals surface area contributed by atoms with E-state index in [4.69, 9.17) is 5.11 Å². The molecule has 0 bridgehead atoms. The summed E-state index contributed by atoms with van der Waals surface area (Å²) in [6.07, 6.45) is -3.76. The molecular formula is C6H11F2NO2. The second-order valence-electron chi connectivity index (χ2n) is 2.37. The third-order valence-corrected chi connectivity index (χ3v) is 1.10. The number of rotatable bonds is 3. The minimum Gasteiger partial charge on any atom is -0.392 e. The number of amides is 1. The lowest BCUT2D eigenvalue weighted by Gasteiger charge is -2.17. The van der Waals surface area contributed by atoms with Gasteiger partial charge in [0.25, 0.3) is 5.91 Å². The van der Waals surface area contributed by atoms with Crippen molar-refractivity contribution in [2.24, 2.45) is 0 Å². The summed E-state index contributed by atoms with van der Waals surface area (Å²) in [4.78, 5) is 11.2. The Morgan fingerprint density at radius 3 is 2.36 bits per heavy atom. The second kappa shape index (κ2) is 4.23. The van der Waals surface area contributed by atoms with E-state index in [0.717, 1.165) is 4.90 Å². The van der Waals surface area contributed by atoms with E-state index in [1.54, 1.807) is 0 Å². The summed E-state index contributed by atoms with van der Waals surface area (Å²) in [7, 11) is 1.22. The van der Waals surface area contributed by atoms with Gasteiger partial charge in [-0.1, -0.05) is 0 Å². The van der Waals surface area contributed by atoms with Crippen LogP contribution in [0.4, 0.5) is 8.78 Å². The van der Waals surface area contributed by atoms with E-state index < -0.39 is 18.4 Å². The molecule has 0 aliphatic carbocycles. The standard InChI is InChI=1S/C6H11F2NO2/c1-4(10)3-9(2)6(11)5(7)8/h4-5,10H,3H2,1-2H3. The van der Waals surface area contributed by atoms with Crippen molar-refractivity contribution < 1.29 is 18.7 Å². The Balaban J connectivity index is 3.83. The van der Waals surface area contributed by atoms with Crippen molar-refractivity contribution in [2.45, 2.75) is 19.5 Å². The summed E-state index contributed by atoms with van der Waals surface area (Å²) >= 11 is 0. The summed E-state index contributed by atoms with van der Waals surface area (Å²) in [5, 5.41) is 8.71. The van der Waals surface area contributed by atoms with Crippen LogP contribution >= 0.6 is 0 Å². The molecule has 0 saturated heterocycles. The van der Waals surface area contributed by atoms with Crippen molar-refractivity contribution >= 4 is 5.91 Å². The summed E-state index contributed by atoms with van der Waals surface area (Å²) in [6.45, 7) is 1.36. The van der Waals surface area contributed by atoms with Crippen molar-refractivity contribution in [3.8, 4) is 0 Å². The van der Waals surface area contributed by atoms with Crippen LogP contribution in [0.3, 0.4) is 0 Å². The fraction of sp³-hybridized carbons (Fsp3) is 0.833. The van der Waals surface area contributed by atoms with Gasteiger partial charge in [0.1, 0.15) is 0 Å². The van der Waals surface area contributed by atoms with Crippen LogP contribution in [0.5, 0.6) is 0 Å². The van der Waals surface area contributed by atoms with Gasteiger partial charge in [-0.3, -0.25) is 4.79 Å². The fourth-order valence-electron chi connectivity index (χ4n) is 0.653. The van der Waals surface area contributed by atoms with Gasteiger partial charge in [0.2, 0.25) is 0 Å². The van der Waals surface area contributed by atoms with Gasteiger partial charge in [-0.2, -0.15) is 8.78 Å². The molecule has 0 aromatic carbocycles. The number of likely N-dealkylation sites (N-methyl/N-ethyl adjacent to an activating group) is 1. The largest absolute Gasteiger partial charge is 0.392 e. The molecule has 11 heavy (non-hydrogen) atoms. The molecule has 1 N–H and O–H groups in total. The van der Waals surface area contributed by atoms with Gasteiger partial charge >= 0.3 is 6.43 Å². The maximum absolute atomic E-state index is 11.7. The maximum atomic E-state index is 11.7. The highest BCUT2D eigenvalue weighted by Gasteiger charge is 2.20. The van der Waals surface area contributed by atoms with E-state index in [1.165, 1.54) is 14.0 Å². The van der Waals surface area contributed by atoms with Crippen molar-refractivity contribution in [2.75, 3.05) is 13.6 Å². The van der Waals surface area contributed by atoms with Crippen LogP contribution in [-0.2, 0) is 4.79 Å². The molecule has 1 atom stereocenters. The third kappa shape index (κ3) is 3.87. The Morgan fingerprint density at radius 1 is 1.64 bits per heavy atom. The minimum absolute atomic E-state index is 0.0663. The minimum atomic E-state index is -2.99. The zero-order chi connectivity index (χ0) is 9.02. The van der Waals surface area contributed by atoms with E-state index in [9.17, 15) is 13.6 Å². The smallest absolute Gasteiger partial charge is 0.315 e. The first-order valence-electron chi connectivity index (χ1n) is 3.16. The van der Waals surface area contributed by atoms with E-state index in [1.807, 2.05) is 0 Å². The molecular weight excluding hydrogens is 156 g/mol. The van der Waals surface area contributed by atoms with Gasteiger partial charge in [-0.25, -0.2) is 0 Å². The SMILES string of the molecule is CC(O)CN(C)C(=O)C(F)F. The average molecular weight is 167 g/mol. The molecule has 0 heterocycles. The van der Waals surface area contributed by atoms with Crippen LogP contribution in [0.25, 0.3) is 0 Å². The third-order valence-electron chi connectivity index (χ3n) is 1.10. The van der Waals surface area contributed by atoms with E-state index in [0.29, 0.717) is 0 Å². The highest BCUT2D eigenvalue weighted by atomic mass is 19.3. The number of carbonyl (C=O) groups excluding carboxylic acids is 1. The number of nitrogens with zero attached hydrogens (tertiary/aromatic N) is 1. The lowest BCUT2D eigenvalue weighted by atomic mass is 10.4. The van der Waals surface area contributed by atoms with Crippen LogP contribution < -0.4 is 0 Å². The molecule has 5 heteroatoms. The van der Waals surface area contributed by atoms with E-state index >= 15 is 0 Å². The molecule has 0 spiro atoms. The monoisotopic (exact) mass is 167 g/mol. The zero-order valence-electron chi connectivity index (χ0n) is 6.42. The van der Waals surface area contributed by atoms with Crippen LogP contribution in [0.2, 0.25) is 0 Å². The number of carbonyl (C=O) groups is 1. The Labute approximate surface area is 63.6 Å².